The predicted octanol–water partition coefficient (Wildman–Crippen LogP) is 1.15. The van der Waals surface area contributed by atoms with Gasteiger partial charge in [0.1, 0.15) is 0 Å². The van der Waals surface area contributed by atoms with Crippen molar-refractivity contribution in [1.29, 1.82) is 0 Å². The van der Waals surface area contributed by atoms with Gasteiger partial charge < -0.3 is 15.3 Å². The highest BCUT2D eigenvalue weighted by Gasteiger charge is 2.64. The summed E-state index contributed by atoms with van der Waals surface area (Å²) in [5, 5.41) is 12.1. The Labute approximate surface area is 145 Å². The molecule has 0 radical (unpaired) electrons. The van der Waals surface area contributed by atoms with Gasteiger partial charge in [0.15, 0.2) is 10.2 Å². The van der Waals surface area contributed by atoms with Crippen molar-refractivity contribution in [3.63, 3.8) is 0 Å². The van der Waals surface area contributed by atoms with Crippen LogP contribution in [0.25, 0.3) is 0 Å². The second-order valence-corrected chi connectivity index (χ2v) is 8.50. The van der Waals surface area contributed by atoms with Crippen LogP contribution in [-0.2, 0) is 25.2 Å². The second-order valence-electron chi connectivity index (χ2n) is 5.86. The largest absolute Gasteiger partial charge is 0.480 e. The Morgan fingerprint density at radius 2 is 2.00 bits per heavy atom. The van der Waals surface area contributed by atoms with Crippen molar-refractivity contribution in [2.45, 2.75) is 41.0 Å². The van der Waals surface area contributed by atoms with Gasteiger partial charge in [0, 0.05) is 36.4 Å². The number of hydrogen-bond donors (Lipinski definition) is 2. The third kappa shape index (κ3) is 2.59. The maximum Gasteiger partial charge on any atom is 0.329 e. The fourth-order valence-corrected chi connectivity index (χ4v) is 5.38. The smallest absolute Gasteiger partial charge is 0.329 e. The molecule has 9 heteroatoms. The first-order valence-corrected chi connectivity index (χ1v) is 8.79. The van der Waals surface area contributed by atoms with Crippen LogP contribution in [0.5, 0.6) is 0 Å². The Hall–Kier alpha value is -1.93. The van der Waals surface area contributed by atoms with Gasteiger partial charge in [-0.05, 0) is 24.3 Å². The number of carbonyl (C=O) groups is 3. The third-order valence-electron chi connectivity index (χ3n) is 4.22. The van der Waals surface area contributed by atoms with E-state index in [-0.39, 0.29) is 30.7 Å². The molecule has 2 heterocycles. The molecule has 1 aromatic carbocycles. The molecule has 2 N–H and O–H groups in total. The molecule has 0 saturated carbocycles. The molecular formula is C15H15ClN2O5S. The maximum absolute atomic E-state index is 12.9. The summed E-state index contributed by atoms with van der Waals surface area (Å²) in [5.41, 5.74) is 0.534. The molecule has 2 aliphatic rings. The highest BCUT2D eigenvalue weighted by atomic mass is 35.5. The molecule has 0 aliphatic carbocycles. The van der Waals surface area contributed by atoms with Crippen LogP contribution in [0.1, 0.15) is 19.8 Å². The van der Waals surface area contributed by atoms with E-state index in [4.69, 9.17) is 11.6 Å². The Bertz CT molecular complexity index is 753. The van der Waals surface area contributed by atoms with Crippen molar-refractivity contribution < 1.29 is 23.7 Å². The van der Waals surface area contributed by atoms with Crippen LogP contribution in [0.2, 0.25) is 0 Å². The summed E-state index contributed by atoms with van der Waals surface area (Å²) in [6.45, 7) is 1.37. The lowest BCUT2D eigenvalue weighted by molar-refractivity contribution is -0.156. The fraction of sp³-hybridized carbons (Fsp3) is 0.400. The lowest BCUT2D eigenvalue weighted by Crippen LogP contribution is -2.57. The maximum atomic E-state index is 12.9. The van der Waals surface area contributed by atoms with Crippen LogP contribution in [0, 0.1) is 0 Å². The molecule has 3 rings (SSSR count). The molecule has 2 fully saturated rings. The summed E-state index contributed by atoms with van der Waals surface area (Å²) in [7, 11) is -1.83. The number of fused-ring (bicyclic) bond motifs is 1. The summed E-state index contributed by atoms with van der Waals surface area (Å²) in [6, 6.07) is 4.60. The van der Waals surface area contributed by atoms with E-state index in [0.717, 1.165) is 0 Å². The van der Waals surface area contributed by atoms with Gasteiger partial charge in [-0.1, -0.05) is 0 Å². The number of carboxylic acid groups (broad SMARTS) is 1. The van der Waals surface area contributed by atoms with E-state index in [1.165, 1.54) is 24.0 Å². The summed E-state index contributed by atoms with van der Waals surface area (Å²) in [6.07, 6.45) is 0.397. The Morgan fingerprint density at radius 1 is 1.38 bits per heavy atom. The van der Waals surface area contributed by atoms with Crippen molar-refractivity contribution in [3.8, 4) is 0 Å². The molecule has 0 spiro atoms. The third-order valence-corrected chi connectivity index (χ3v) is 6.71. The highest BCUT2D eigenvalue weighted by molar-refractivity contribution is 7.88. The van der Waals surface area contributed by atoms with E-state index in [0.29, 0.717) is 10.6 Å². The molecule has 2 aliphatic heterocycles. The van der Waals surface area contributed by atoms with E-state index in [2.05, 4.69) is 5.32 Å². The Kier molecular flexibility index (Phi) is 4.13. The SMILES string of the molecule is CC(=O)Nc1ccc(S(=O)C2(Cl)CC3CC(=O)N3C2C(=O)O)cc1. The van der Waals surface area contributed by atoms with Gasteiger partial charge >= 0.3 is 5.97 Å². The zero-order chi connectivity index (χ0) is 17.6. The van der Waals surface area contributed by atoms with E-state index in [1.54, 1.807) is 12.1 Å². The zero-order valence-electron chi connectivity index (χ0n) is 12.7. The van der Waals surface area contributed by atoms with Crippen LogP contribution in [0.4, 0.5) is 5.69 Å². The van der Waals surface area contributed by atoms with E-state index in [9.17, 15) is 23.7 Å². The molecule has 4 unspecified atom stereocenters. The fourth-order valence-electron chi connectivity index (χ4n) is 3.20. The molecule has 2 amide bonds. The van der Waals surface area contributed by atoms with Crippen LogP contribution in [0.15, 0.2) is 29.2 Å². The molecule has 24 heavy (non-hydrogen) atoms. The van der Waals surface area contributed by atoms with Crippen molar-refractivity contribution >= 4 is 45.9 Å². The Morgan fingerprint density at radius 3 is 2.50 bits per heavy atom. The van der Waals surface area contributed by atoms with Gasteiger partial charge in [-0.25, -0.2) is 4.79 Å². The lowest BCUT2D eigenvalue weighted by Gasteiger charge is -2.37. The lowest BCUT2D eigenvalue weighted by atomic mass is 10.0. The first-order chi connectivity index (χ1) is 11.2. The highest BCUT2D eigenvalue weighted by Crippen LogP contribution is 2.48. The van der Waals surface area contributed by atoms with Gasteiger partial charge in [0.05, 0.1) is 10.8 Å². The van der Waals surface area contributed by atoms with Crippen molar-refractivity contribution in [2.24, 2.45) is 0 Å². The summed E-state index contributed by atoms with van der Waals surface area (Å²) in [4.78, 5) is 35.9. The number of amides is 2. The van der Waals surface area contributed by atoms with Gasteiger partial charge in [-0.2, -0.15) is 0 Å². The van der Waals surface area contributed by atoms with Gasteiger partial charge in [-0.15, -0.1) is 11.6 Å². The number of alkyl halides is 1. The number of halogens is 1. The number of anilines is 1. The second kappa shape index (κ2) is 5.86. The quantitative estimate of drug-likeness (QED) is 0.611. The van der Waals surface area contributed by atoms with Crippen LogP contribution in [-0.4, -0.2) is 48.3 Å². The Balaban J connectivity index is 1.89. The molecule has 0 aromatic heterocycles. The minimum absolute atomic E-state index is 0.164. The number of nitrogens with one attached hydrogen (secondary N) is 1. The van der Waals surface area contributed by atoms with Gasteiger partial charge in [0.2, 0.25) is 11.8 Å². The van der Waals surface area contributed by atoms with Crippen LogP contribution < -0.4 is 5.32 Å². The normalized spacial score (nSPS) is 29.6. The average Bonchev–Trinajstić information content (AvgIpc) is 2.75. The molecule has 0 bridgehead atoms. The van der Waals surface area contributed by atoms with Crippen LogP contribution >= 0.6 is 11.6 Å². The van der Waals surface area contributed by atoms with Crippen LogP contribution in [0.3, 0.4) is 0 Å². The number of carbonyl (C=O) groups excluding carboxylic acids is 2. The van der Waals surface area contributed by atoms with Crippen molar-refractivity contribution in [3.05, 3.63) is 24.3 Å². The van der Waals surface area contributed by atoms with Gasteiger partial charge in [0.25, 0.3) is 0 Å². The van der Waals surface area contributed by atoms with Crippen molar-refractivity contribution in [1.82, 2.24) is 4.90 Å². The standard InChI is InChI=1S/C15H15ClN2O5S/c1-8(19)17-9-2-4-11(5-3-9)24(23)15(16)7-10-6-12(20)18(10)13(15)14(21)22/h2-5,10,13H,6-7H2,1H3,(H,17,19)(H,21,22). The zero-order valence-corrected chi connectivity index (χ0v) is 14.3. The number of rotatable bonds is 4. The summed E-state index contributed by atoms with van der Waals surface area (Å²) < 4.78 is 11.4. The van der Waals surface area contributed by atoms with Crippen molar-refractivity contribution in [2.75, 3.05) is 5.32 Å². The van der Waals surface area contributed by atoms with E-state index >= 15 is 0 Å². The first-order valence-electron chi connectivity index (χ1n) is 7.26. The summed E-state index contributed by atoms with van der Waals surface area (Å²) >= 11 is 6.49. The number of carboxylic acids is 1. The molecule has 1 aromatic rings. The number of hydrogen-bond acceptors (Lipinski definition) is 4. The monoisotopic (exact) mass is 370 g/mol. The number of aliphatic carboxylic acids is 1. The molecule has 4 atom stereocenters. The average molecular weight is 371 g/mol. The van der Waals surface area contributed by atoms with E-state index in [1.807, 2.05) is 0 Å². The summed E-state index contributed by atoms with van der Waals surface area (Å²) in [5.74, 6) is -1.78. The predicted molar refractivity (Wildman–Crippen MR) is 87.0 cm³/mol. The number of benzene rings is 1. The molecular weight excluding hydrogens is 356 g/mol. The first kappa shape index (κ1) is 16.9. The van der Waals surface area contributed by atoms with E-state index < -0.39 is 27.0 Å². The topological polar surface area (TPSA) is 104 Å². The minimum Gasteiger partial charge on any atom is -0.480 e. The number of nitrogens with zero attached hydrogens (tertiary/aromatic N) is 1. The van der Waals surface area contributed by atoms with Gasteiger partial charge in [-0.3, -0.25) is 13.8 Å². The number of β-lactam (4-membered cyclic amide) rings is 1. The molecule has 128 valence electrons. The molecule has 2 saturated heterocycles. The molecule has 7 nitrogen and oxygen atoms in total. The minimum atomic E-state index is -1.83.